The summed E-state index contributed by atoms with van der Waals surface area (Å²) in [5.41, 5.74) is 2.33. The number of hydrogen-bond acceptors (Lipinski definition) is 4. The second-order valence-corrected chi connectivity index (χ2v) is 5.67. The molecule has 0 amide bonds. The van der Waals surface area contributed by atoms with Crippen LogP contribution in [0.25, 0.3) is 0 Å². The molecule has 1 N–H and O–H groups in total. The summed E-state index contributed by atoms with van der Waals surface area (Å²) in [4.78, 5) is 11.0. The van der Waals surface area contributed by atoms with Gasteiger partial charge in [0.25, 0.3) is 0 Å². The highest BCUT2D eigenvalue weighted by molar-refractivity contribution is 5.36. The molecular formula is C17H24N4. The fourth-order valence-corrected chi connectivity index (χ4v) is 2.52. The molecule has 1 heterocycles. The van der Waals surface area contributed by atoms with Gasteiger partial charge in [-0.25, -0.2) is 9.97 Å². The zero-order valence-electron chi connectivity index (χ0n) is 13.3. The van der Waals surface area contributed by atoms with E-state index in [0.717, 1.165) is 30.4 Å². The average Bonchev–Trinajstić information content (AvgIpc) is 2.37. The first-order chi connectivity index (χ1) is 10.0. The van der Waals surface area contributed by atoms with E-state index in [2.05, 4.69) is 58.4 Å². The predicted molar refractivity (Wildman–Crippen MR) is 87.4 cm³/mol. The van der Waals surface area contributed by atoms with Crippen molar-refractivity contribution in [3.63, 3.8) is 0 Å². The maximum absolute atomic E-state index is 4.42. The molecule has 2 rings (SSSR count). The molecule has 0 radical (unpaired) electrons. The van der Waals surface area contributed by atoms with Crippen molar-refractivity contribution in [3.8, 4) is 0 Å². The van der Waals surface area contributed by atoms with Crippen LogP contribution in [0.3, 0.4) is 0 Å². The number of nitrogens with one attached hydrogen (secondary N) is 1. The van der Waals surface area contributed by atoms with Crippen LogP contribution in [-0.2, 0) is 6.54 Å². The van der Waals surface area contributed by atoms with Crippen LogP contribution < -0.4 is 5.32 Å². The van der Waals surface area contributed by atoms with E-state index in [1.54, 1.807) is 0 Å². The third-order valence-corrected chi connectivity index (χ3v) is 3.24. The largest absolute Gasteiger partial charge is 0.366 e. The Morgan fingerprint density at radius 1 is 1.14 bits per heavy atom. The normalized spacial score (nSPS) is 12.4. The van der Waals surface area contributed by atoms with Crippen molar-refractivity contribution >= 4 is 5.82 Å². The summed E-state index contributed by atoms with van der Waals surface area (Å²) in [7, 11) is 2.14. The molecule has 1 unspecified atom stereocenters. The minimum Gasteiger partial charge on any atom is -0.366 e. The topological polar surface area (TPSA) is 41.0 Å². The van der Waals surface area contributed by atoms with E-state index in [0.29, 0.717) is 6.04 Å². The summed E-state index contributed by atoms with van der Waals surface area (Å²) in [6.45, 7) is 8.00. The van der Waals surface area contributed by atoms with Crippen molar-refractivity contribution in [1.82, 2.24) is 14.9 Å². The standard InChI is InChI=1S/C17H24N4/c1-13-10-17(20-15(3)18-13)19-14(2)11-21(4)12-16-8-6-5-7-9-16/h5-10,14H,11-12H2,1-4H3,(H,18,19,20). The quantitative estimate of drug-likeness (QED) is 0.885. The number of likely N-dealkylation sites (N-methyl/N-ethyl adjacent to an activating group) is 1. The van der Waals surface area contributed by atoms with E-state index >= 15 is 0 Å². The van der Waals surface area contributed by atoms with Crippen LogP contribution in [0.15, 0.2) is 36.4 Å². The highest BCUT2D eigenvalue weighted by Gasteiger charge is 2.08. The van der Waals surface area contributed by atoms with Gasteiger partial charge in [-0.3, -0.25) is 0 Å². The van der Waals surface area contributed by atoms with Crippen LogP contribution in [0.4, 0.5) is 5.82 Å². The summed E-state index contributed by atoms with van der Waals surface area (Å²) < 4.78 is 0. The Hall–Kier alpha value is -1.94. The van der Waals surface area contributed by atoms with Gasteiger partial charge >= 0.3 is 0 Å². The van der Waals surface area contributed by atoms with Crippen LogP contribution >= 0.6 is 0 Å². The Morgan fingerprint density at radius 2 is 1.86 bits per heavy atom. The minimum atomic E-state index is 0.326. The number of anilines is 1. The van der Waals surface area contributed by atoms with Gasteiger partial charge in [0.2, 0.25) is 0 Å². The molecule has 1 atom stereocenters. The Morgan fingerprint density at radius 3 is 2.52 bits per heavy atom. The predicted octanol–water partition coefficient (Wildman–Crippen LogP) is 3.03. The van der Waals surface area contributed by atoms with Gasteiger partial charge in [0, 0.05) is 30.9 Å². The molecule has 0 fully saturated rings. The van der Waals surface area contributed by atoms with Gasteiger partial charge < -0.3 is 10.2 Å². The van der Waals surface area contributed by atoms with E-state index in [1.807, 2.05) is 26.0 Å². The monoisotopic (exact) mass is 284 g/mol. The summed E-state index contributed by atoms with van der Waals surface area (Å²) in [6.07, 6.45) is 0. The number of benzene rings is 1. The molecule has 0 aliphatic carbocycles. The Kier molecular flexibility index (Phi) is 5.28. The maximum atomic E-state index is 4.42. The maximum Gasteiger partial charge on any atom is 0.130 e. The fourth-order valence-electron chi connectivity index (χ4n) is 2.52. The second kappa shape index (κ2) is 7.18. The van der Waals surface area contributed by atoms with Gasteiger partial charge in [-0.2, -0.15) is 0 Å². The molecule has 21 heavy (non-hydrogen) atoms. The molecule has 0 saturated heterocycles. The van der Waals surface area contributed by atoms with E-state index in [4.69, 9.17) is 0 Å². The molecule has 1 aromatic heterocycles. The van der Waals surface area contributed by atoms with E-state index < -0.39 is 0 Å². The van der Waals surface area contributed by atoms with Gasteiger partial charge in [0.1, 0.15) is 11.6 Å². The van der Waals surface area contributed by atoms with Crippen LogP contribution in [0, 0.1) is 13.8 Å². The Bertz CT molecular complexity index is 548. The molecule has 0 spiro atoms. The first kappa shape index (κ1) is 15.4. The zero-order chi connectivity index (χ0) is 15.2. The minimum absolute atomic E-state index is 0.326. The smallest absolute Gasteiger partial charge is 0.130 e. The van der Waals surface area contributed by atoms with Crippen molar-refractivity contribution in [2.75, 3.05) is 18.9 Å². The van der Waals surface area contributed by atoms with Crippen molar-refractivity contribution in [3.05, 3.63) is 53.5 Å². The molecule has 0 aliphatic rings. The third kappa shape index (κ3) is 5.16. The number of hydrogen-bond donors (Lipinski definition) is 1. The number of rotatable bonds is 6. The van der Waals surface area contributed by atoms with Crippen LogP contribution in [-0.4, -0.2) is 34.5 Å². The summed E-state index contributed by atoms with van der Waals surface area (Å²) in [5, 5.41) is 3.45. The fraction of sp³-hybridized carbons (Fsp3) is 0.412. The van der Waals surface area contributed by atoms with Gasteiger partial charge in [0.15, 0.2) is 0 Å². The first-order valence-electron chi connectivity index (χ1n) is 7.34. The van der Waals surface area contributed by atoms with Crippen LogP contribution in [0.5, 0.6) is 0 Å². The molecule has 4 nitrogen and oxygen atoms in total. The van der Waals surface area contributed by atoms with Gasteiger partial charge in [-0.1, -0.05) is 30.3 Å². The molecule has 112 valence electrons. The highest BCUT2D eigenvalue weighted by atomic mass is 15.1. The molecule has 4 heteroatoms. The van der Waals surface area contributed by atoms with Crippen molar-refractivity contribution in [2.24, 2.45) is 0 Å². The first-order valence-corrected chi connectivity index (χ1v) is 7.34. The van der Waals surface area contributed by atoms with Gasteiger partial charge in [-0.15, -0.1) is 0 Å². The van der Waals surface area contributed by atoms with E-state index in [9.17, 15) is 0 Å². The lowest BCUT2D eigenvalue weighted by Gasteiger charge is -2.22. The third-order valence-electron chi connectivity index (χ3n) is 3.24. The number of aromatic nitrogens is 2. The summed E-state index contributed by atoms with van der Waals surface area (Å²) in [5.74, 6) is 1.71. The van der Waals surface area contributed by atoms with Crippen LogP contribution in [0.2, 0.25) is 0 Å². The lowest BCUT2D eigenvalue weighted by Crippen LogP contribution is -2.32. The van der Waals surface area contributed by atoms with Crippen molar-refractivity contribution in [2.45, 2.75) is 33.4 Å². The Labute approximate surface area is 127 Å². The molecule has 0 saturated carbocycles. The molecule has 0 bridgehead atoms. The number of aryl methyl sites for hydroxylation is 2. The zero-order valence-corrected chi connectivity index (χ0v) is 13.3. The lowest BCUT2D eigenvalue weighted by molar-refractivity contribution is 0.316. The van der Waals surface area contributed by atoms with Crippen molar-refractivity contribution in [1.29, 1.82) is 0 Å². The Balaban J connectivity index is 1.87. The van der Waals surface area contributed by atoms with Gasteiger partial charge in [-0.05, 0) is 33.4 Å². The van der Waals surface area contributed by atoms with Crippen molar-refractivity contribution < 1.29 is 0 Å². The highest BCUT2D eigenvalue weighted by Crippen LogP contribution is 2.09. The van der Waals surface area contributed by atoms with Gasteiger partial charge in [0.05, 0.1) is 0 Å². The molecule has 0 aliphatic heterocycles. The summed E-state index contributed by atoms with van der Waals surface area (Å²) >= 11 is 0. The molecular weight excluding hydrogens is 260 g/mol. The van der Waals surface area contributed by atoms with E-state index in [-0.39, 0.29) is 0 Å². The molecule has 2 aromatic rings. The number of nitrogens with zero attached hydrogens (tertiary/aromatic N) is 3. The average molecular weight is 284 g/mol. The lowest BCUT2D eigenvalue weighted by atomic mass is 10.2. The SMILES string of the molecule is Cc1cc(NC(C)CN(C)Cc2ccccc2)nc(C)n1. The van der Waals surface area contributed by atoms with Crippen LogP contribution in [0.1, 0.15) is 24.0 Å². The molecule has 1 aromatic carbocycles. The summed E-state index contributed by atoms with van der Waals surface area (Å²) in [6, 6.07) is 12.8. The second-order valence-electron chi connectivity index (χ2n) is 5.67. The van der Waals surface area contributed by atoms with E-state index in [1.165, 1.54) is 5.56 Å².